The summed E-state index contributed by atoms with van der Waals surface area (Å²) < 4.78 is 12.9. The molecule has 1 aliphatic rings. The third-order valence-electron chi connectivity index (χ3n) is 2.82. The van der Waals surface area contributed by atoms with Crippen molar-refractivity contribution in [3.8, 4) is 0 Å². The summed E-state index contributed by atoms with van der Waals surface area (Å²) in [5.41, 5.74) is 0.295. The molecular weight excluding hydrogens is 275 g/mol. The molecule has 1 saturated carbocycles. The van der Waals surface area contributed by atoms with Gasteiger partial charge in [-0.05, 0) is 37.0 Å². The van der Waals surface area contributed by atoms with Gasteiger partial charge in [0.15, 0.2) is 0 Å². The van der Waals surface area contributed by atoms with E-state index in [0.29, 0.717) is 5.69 Å². The Labute approximate surface area is 113 Å². The minimum atomic E-state index is -1.06. The summed E-state index contributed by atoms with van der Waals surface area (Å²) in [6.07, 6.45) is 1.58. The SMILES string of the molecule is O=C(Nc1ccc(F)c(Cl)c1)NC(C(=O)O)C1CC1. The monoisotopic (exact) mass is 286 g/mol. The predicted molar refractivity (Wildman–Crippen MR) is 67.7 cm³/mol. The molecule has 0 radical (unpaired) electrons. The summed E-state index contributed by atoms with van der Waals surface area (Å²) in [7, 11) is 0. The number of halogens is 2. The van der Waals surface area contributed by atoms with Crippen LogP contribution in [0.3, 0.4) is 0 Å². The summed E-state index contributed by atoms with van der Waals surface area (Å²) in [5, 5.41) is 13.6. The fourth-order valence-corrected chi connectivity index (χ4v) is 1.87. The van der Waals surface area contributed by atoms with Crippen molar-refractivity contribution in [2.45, 2.75) is 18.9 Å². The first-order chi connectivity index (χ1) is 8.97. The van der Waals surface area contributed by atoms with E-state index in [1.807, 2.05) is 0 Å². The Kier molecular flexibility index (Phi) is 3.90. The molecule has 1 aromatic carbocycles. The molecule has 1 aromatic rings. The Morgan fingerprint density at radius 2 is 2.11 bits per heavy atom. The van der Waals surface area contributed by atoms with Gasteiger partial charge in [-0.25, -0.2) is 14.0 Å². The van der Waals surface area contributed by atoms with Crippen molar-refractivity contribution in [1.82, 2.24) is 5.32 Å². The average molecular weight is 287 g/mol. The van der Waals surface area contributed by atoms with Gasteiger partial charge in [-0.1, -0.05) is 11.6 Å². The van der Waals surface area contributed by atoms with Crippen molar-refractivity contribution in [3.63, 3.8) is 0 Å². The van der Waals surface area contributed by atoms with Crippen LogP contribution in [0.4, 0.5) is 14.9 Å². The van der Waals surface area contributed by atoms with Crippen LogP contribution in [-0.2, 0) is 4.79 Å². The van der Waals surface area contributed by atoms with Crippen LogP contribution >= 0.6 is 11.6 Å². The molecule has 0 spiro atoms. The van der Waals surface area contributed by atoms with E-state index in [-0.39, 0.29) is 10.9 Å². The standard InChI is InChI=1S/C12H12ClFN2O3/c13-8-5-7(3-4-9(8)14)15-12(19)16-10(11(17)18)6-1-2-6/h3-6,10H,1-2H2,(H,17,18)(H2,15,16,19). The normalized spacial score (nSPS) is 15.7. The van der Waals surface area contributed by atoms with Crippen molar-refractivity contribution in [1.29, 1.82) is 0 Å². The third-order valence-corrected chi connectivity index (χ3v) is 3.11. The van der Waals surface area contributed by atoms with E-state index < -0.39 is 23.9 Å². The van der Waals surface area contributed by atoms with Crippen LogP contribution in [0, 0.1) is 11.7 Å². The van der Waals surface area contributed by atoms with E-state index in [1.165, 1.54) is 12.1 Å². The van der Waals surface area contributed by atoms with Gasteiger partial charge in [0.05, 0.1) is 5.02 Å². The second-order valence-electron chi connectivity index (χ2n) is 4.38. The number of hydrogen-bond acceptors (Lipinski definition) is 2. The van der Waals surface area contributed by atoms with Crippen molar-refractivity contribution in [2.75, 3.05) is 5.32 Å². The number of carbonyl (C=O) groups is 2. The van der Waals surface area contributed by atoms with Crippen molar-refractivity contribution in [3.05, 3.63) is 29.0 Å². The minimum Gasteiger partial charge on any atom is -0.480 e. The molecule has 0 aromatic heterocycles. The Morgan fingerprint density at radius 3 is 2.63 bits per heavy atom. The lowest BCUT2D eigenvalue weighted by Gasteiger charge is -2.14. The molecule has 7 heteroatoms. The Hall–Kier alpha value is -1.82. The van der Waals surface area contributed by atoms with E-state index >= 15 is 0 Å². The topological polar surface area (TPSA) is 78.4 Å². The lowest BCUT2D eigenvalue weighted by Crippen LogP contribution is -2.44. The van der Waals surface area contributed by atoms with Gasteiger partial charge in [0.1, 0.15) is 11.9 Å². The Morgan fingerprint density at radius 1 is 1.42 bits per heavy atom. The van der Waals surface area contributed by atoms with Gasteiger partial charge in [-0.3, -0.25) is 0 Å². The van der Waals surface area contributed by atoms with E-state index in [4.69, 9.17) is 16.7 Å². The van der Waals surface area contributed by atoms with Crippen LogP contribution in [0.15, 0.2) is 18.2 Å². The molecule has 0 saturated heterocycles. The van der Waals surface area contributed by atoms with Gasteiger partial charge in [0, 0.05) is 5.69 Å². The number of amides is 2. The fraction of sp³-hybridized carbons (Fsp3) is 0.333. The second-order valence-corrected chi connectivity index (χ2v) is 4.79. The zero-order chi connectivity index (χ0) is 14.0. The van der Waals surface area contributed by atoms with Crippen molar-refractivity contribution in [2.24, 2.45) is 5.92 Å². The number of carboxylic acid groups (broad SMARTS) is 1. The molecule has 102 valence electrons. The molecule has 19 heavy (non-hydrogen) atoms. The summed E-state index contributed by atoms with van der Waals surface area (Å²) in [6, 6.07) is 2.17. The van der Waals surface area contributed by atoms with Gasteiger partial charge in [-0.2, -0.15) is 0 Å². The first kappa shape index (κ1) is 13.6. The maximum absolute atomic E-state index is 12.9. The number of anilines is 1. The molecule has 1 fully saturated rings. The number of carbonyl (C=O) groups excluding carboxylic acids is 1. The minimum absolute atomic E-state index is 0.0138. The zero-order valence-electron chi connectivity index (χ0n) is 9.82. The van der Waals surface area contributed by atoms with Crippen LogP contribution in [-0.4, -0.2) is 23.1 Å². The third kappa shape index (κ3) is 3.57. The van der Waals surface area contributed by atoms with E-state index in [0.717, 1.165) is 18.9 Å². The number of rotatable bonds is 4. The largest absolute Gasteiger partial charge is 0.480 e. The molecule has 0 aliphatic heterocycles. The zero-order valence-corrected chi connectivity index (χ0v) is 10.6. The Balaban J connectivity index is 1.96. The molecular formula is C12H12ClFN2O3. The van der Waals surface area contributed by atoms with Crippen LogP contribution < -0.4 is 10.6 Å². The summed E-state index contributed by atoms with van der Waals surface area (Å²) in [4.78, 5) is 22.6. The number of aliphatic carboxylic acids is 1. The van der Waals surface area contributed by atoms with Crippen LogP contribution in [0.25, 0.3) is 0 Å². The van der Waals surface area contributed by atoms with Gasteiger partial charge in [0.25, 0.3) is 0 Å². The molecule has 2 rings (SSSR count). The Bertz CT molecular complexity index is 520. The maximum Gasteiger partial charge on any atom is 0.326 e. The van der Waals surface area contributed by atoms with E-state index in [1.54, 1.807) is 0 Å². The van der Waals surface area contributed by atoms with E-state index in [9.17, 15) is 14.0 Å². The van der Waals surface area contributed by atoms with Gasteiger partial charge >= 0.3 is 12.0 Å². The number of hydrogen-bond donors (Lipinski definition) is 3. The lowest BCUT2D eigenvalue weighted by atomic mass is 10.2. The molecule has 0 heterocycles. The highest BCUT2D eigenvalue weighted by molar-refractivity contribution is 6.31. The average Bonchev–Trinajstić information content (AvgIpc) is 3.14. The smallest absolute Gasteiger partial charge is 0.326 e. The van der Waals surface area contributed by atoms with Gasteiger partial charge in [-0.15, -0.1) is 0 Å². The molecule has 1 unspecified atom stereocenters. The first-order valence-electron chi connectivity index (χ1n) is 5.73. The number of benzene rings is 1. The molecule has 3 N–H and O–H groups in total. The maximum atomic E-state index is 12.9. The summed E-state index contributed by atoms with van der Waals surface area (Å²) in [5.74, 6) is -1.66. The highest BCUT2D eigenvalue weighted by atomic mass is 35.5. The highest BCUT2D eigenvalue weighted by Crippen LogP contribution is 2.32. The molecule has 2 amide bonds. The highest BCUT2D eigenvalue weighted by Gasteiger charge is 2.37. The van der Waals surface area contributed by atoms with Gasteiger partial charge < -0.3 is 15.7 Å². The van der Waals surface area contributed by atoms with Crippen molar-refractivity contribution >= 4 is 29.3 Å². The number of nitrogens with one attached hydrogen (secondary N) is 2. The molecule has 5 nitrogen and oxygen atoms in total. The second kappa shape index (κ2) is 5.44. The van der Waals surface area contributed by atoms with Crippen LogP contribution in [0.1, 0.15) is 12.8 Å². The fourth-order valence-electron chi connectivity index (χ4n) is 1.69. The summed E-state index contributed by atoms with van der Waals surface area (Å²) in [6.45, 7) is 0. The van der Waals surface area contributed by atoms with Crippen LogP contribution in [0.2, 0.25) is 5.02 Å². The van der Waals surface area contributed by atoms with Crippen LogP contribution in [0.5, 0.6) is 0 Å². The van der Waals surface area contributed by atoms with Crippen molar-refractivity contribution < 1.29 is 19.1 Å². The quantitative estimate of drug-likeness (QED) is 0.795. The number of carboxylic acids is 1. The van der Waals surface area contributed by atoms with Gasteiger partial charge in [0.2, 0.25) is 0 Å². The molecule has 1 atom stereocenters. The van der Waals surface area contributed by atoms with E-state index in [2.05, 4.69) is 10.6 Å². The first-order valence-corrected chi connectivity index (χ1v) is 6.10. The lowest BCUT2D eigenvalue weighted by molar-refractivity contribution is -0.139. The summed E-state index contributed by atoms with van der Waals surface area (Å²) >= 11 is 5.57. The molecule has 0 bridgehead atoms. The molecule has 1 aliphatic carbocycles. The predicted octanol–water partition coefficient (Wildman–Crippen LogP) is 2.46. The number of urea groups is 1.